The van der Waals surface area contributed by atoms with E-state index < -0.39 is 0 Å². The second-order valence-electron chi connectivity index (χ2n) is 5.17. The van der Waals surface area contributed by atoms with Crippen molar-refractivity contribution in [3.63, 3.8) is 0 Å². The number of benzene rings is 1. The number of nitrogens with zero attached hydrogens (tertiary/aromatic N) is 2. The van der Waals surface area contributed by atoms with Crippen LogP contribution in [-0.4, -0.2) is 9.55 Å². The van der Waals surface area contributed by atoms with E-state index in [-0.39, 0.29) is 11.5 Å². The summed E-state index contributed by atoms with van der Waals surface area (Å²) < 4.78 is 16.1. The second-order valence-corrected chi connectivity index (χ2v) is 5.17. The number of halogens is 1. The summed E-state index contributed by atoms with van der Waals surface area (Å²) in [5.74, 6) is 0.661. The average Bonchev–Trinajstić information content (AvgIpc) is 2.72. The summed E-state index contributed by atoms with van der Waals surface area (Å²) in [7, 11) is 0. The van der Waals surface area contributed by atoms with Crippen LogP contribution in [0.25, 0.3) is 0 Å². The van der Waals surface area contributed by atoms with Crippen LogP contribution in [0.4, 0.5) is 10.1 Å². The van der Waals surface area contributed by atoms with Crippen LogP contribution in [0, 0.1) is 12.7 Å². The predicted molar refractivity (Wildman–Crippen MR) is 73.5 cm³/mol. The van der Waals surface area contributed by atoms with Gasteiger partial charge in [0, 0.05) is 11.3 Å². The molecule has 0 bridgehead atoms. The van der Waals surface area contributed by atoms with Crippen molar-refractivity contribution in [3.8, 4) is 0 Å². The fraction of sp³-hybridized carbons (Fsp3) is 0.400. The van der Waals surface area contributed by atoms with Crippen LogP contribution in [0.1, 0.15) is 35.6 Å². The maximum atomic E-state index is 14.0. The van der Waals surface area contributed by atoms with Crippen LogP contribution < -0.4 is 5.73 Å². The Balaban J connectivity index is 1.99. The smallest absolute Gasteiger partial charge is 0.151 e. The number of anilines is 1. The maximum Gasteiger partial charge on any atom is 0.151 e. The number of nitrogens with two attached hydrogens (primary N) is 1. The van der Waals surface area contributed by atoms with Crippen LogP contribution in [0.3, 0.4) is 0 Å². The Kier molecular flexibility index (Phi) is 3.01. The molecular formula is C15H18FN3. The third kappa shape index (κ3) is 2.11. The van der Waals surface area contributed by atoms with Crippen LogP contribution in [0.15, 0.2) is 18.2 Å². The number of hydrogen-bond donors (Lipinski definition) is 1. The largest absolute Gasteiger partial charge is 0.396 e. The van der Waals surface area contributed by atoms with Crippen molar-refractivity contribution in [2.75, 3.05) is 5.73 Å². The molecule has 3 nitrogen and oxygen atoms in total. The molecule has 1 heterocycles. The van der Waals surface area contributed by atoms with Crippen molar-refractivity contribution >= 4 is 5.69 Å². The summed E-state index contributed by atoms with van der Waals surface area (Å²) in [6.45, 7) is 2.51. The molecule has 0 unspecified atom stereocenters. The fourth-order valence-corrected chi connectivity index (χ4v) is 2.84. The molecule has 0 amide bonds. The molecule has 1 aliphatic rings. The molecule has 0 aliphatic heterocycles. The van der Waals surface area contributed by atoms with Gasteiger partial charge in [-0.15, -0.1) is 0 Å². The van der Waals surface area contributed by atoms with Crippen molar-refractivity contribution in [2.45, 2.75) is 39.2 Å². The minimum Gasteiger partial charge on any atom is -0.396 e. The van der Waals surface area contributed by atoms with E-state index in [2.05, 4.69) is 9.55 Å². The van der Waals surface area contributed by atoms with E-state index in [1.165, 1.54) is 24.2 Å². The Morgan fingerprint density at radius 2 is 2.11 bits per heavy atom. The Labute approximate surface area is 112 Å². The van der Waals surface area contributed by atoms with Crippen molar-refractivity contribution in [3.05, 3.63) is 46.8 Å². The van der Waals surface area contributed by atoms with Gasteiger partial charge in [0.2, 0.25) is 0 Å². The molecule has 0 saturated carbocycles. The summed E-state index contributed by atoms with van der Waals surface area (Å²) in [5.41, 5.74) is 8.93. The zero-order chi connectivity index (χ0) is 13.4. The van der Waals surface area contributed by atoms with E-state index in [0.717, 1.165) is 18.7 Å². The average molecular weight is 259 g/mol. The summed E-state index contributed by atoms with van der Waals surface area (Å²) in [6, 6.07) is 5.18. The molecule has 4 heteroatoms. The molecule has 0 atom stereocenters. The number of nitrogen functional groups attached to an aromatic ring is 1. The van der Waals surface area contributed by atoms with Gasteiger partial charge in [0.25, 0.3) is 0 Å². The van der Waals surface area contributed by atoms with E-state index in [1.807, 2.05) is 6.92 Å². The number of aromatic nitrogens is 2. The zero-order valence-electron chi connectivity index (χ0n) is 11.1. The summed E-state index contributed by atoms with van der Waals surface area (Å²) in [5, 5.41) is 0. The van der Waals surface area contributed by atoms with Gasteiger partial charge in [-0.2, -0.15) is 0 Å². The molecule has 0 saturated heterocycles. The van der Waals surface area contributed by atoms with Gasteiger partial charge in [0.15, 0.2) is 5.82 Å². The Morgan fingerprint density at radius 3 is 2.95 bits per heavy atom. The van der Waals surface area contributed by atoms with Gasteiger partial charge >= 0.3 is 0 Å². The molecule has 3 rings (SSSR count). The van der Waals surface area contributed by atoms with Crippen molar-refractivity contribution < 1.29 is 4.39 Å². The van der Waals surface area contributed by atoms with Crippen molar-refractivity contribution in [1.29, 1.82) is 0 Å². The van der Waals surface area contributed by atoms with Gasteiger partial charge in [0.1, 0.15) is 5.82 Å². The lowest BCUT2D eigenvalue weighted by atomic mass is 10.0. The molecule has 1 aromatic carbocycles. The number of rotatable bonds is 2. The molecule has 1 aromatic heterocycles. The van der Waals surface area contributed by atoms with E-state index in [1.54, 1.807) is 18.2 Å². The SMILES string of the molecule is Cc1nc2c(n1Cc1cccc(N)c1F)CCCC2. The lowest BCUT2D eigenvalue weighted by molar-refractivity contribution is 0.585. The number of aryl methyl sites for hydroxylation is 2. The highest BCUT2D eigenvalue weighted by Gasteiger charge is 2.19. The standard InChI is InChI=1S/C15H18FN3/c1-10-18-13-7-2-3-8-14(13)19(10)9-11-5-4-6-12(17)15(11)16/h4-6H,2-3,7-9,17H2,1H3. The van der Waals surface area contributed by atoms with Crippen LogP contribution in [0.5, 0.6) is 0 Å². The van der Waals surface area contributed by atoms with Gasteiger partial charge in [-0.25, -0.2) is 9.37 Å². The van der Waals surface area contributed by atoms with Crippen LogP contribution >= 0.6 is 0 Å². The Bertz CT molecular complexity index is 616. The first-order chi connectivity index (χ1) is 9.16. The quantitative estimate of drug-likeness (QED) is 0.843. The van der Waals surface area contributed by atoms with Crippen molar-refractivity contribution in [1.82, 2.24) is 9.55 Å². The highest BCUT2D eigenvalue weighted by Crippen LogP contribution is 2.24. The van der Waals surface area contributed by atoms with E-state index in [4.69, 9.17) is 5.73 Å². The van der Waals surface area contributed by atoms with E-state index >= 15 is 0 Å². The lowest BCUT2D eigenvalue weighted by Crippen LogP contribution is -2.11. The van der Waals surface area contributed by atoms with Crippen molar-refractivity contribution in [2.24, 2.45) is 0 Å². The number of hydrogen-bond acceptors (Lipinski definition) is 2. The van der Waals surface area contributed by atoms with Gasteiger partial charge in [-0.1, -0.05) is 12.1 Å². The Hall–Kier alpha value is -1.84. The third-order valence-electron chi connectivity index (χ3n) is 3.86. The van der Waals surface area contributed by atoms with E-state index in [9.17, 15) is 4.39 Å². The lowest BCUT2D eigenvalue weighted by Gasteiger charge is -2.15. The predicted octanol–water partition coefficient (Wildman–Crippen LogP) is 2.84. The Morgan fingerprint density at radius 1 is 1.32 bits per heavy atom. The van der Waals surface area contributed by atoms with E-state index in [0.29, 0.717) is 12.1 Å². The molecule has 2 N–H and O–H groups in total. The molecule has 0 fully saturated rings. The first-order valence-electron chi connectivity index (χ1n) is 6.74. The second kappa shape index (κ2) is 4.68. The summed E-state index contributed by atoms with van der Waals surface area (Å²) >= 11 is 0. The normalized spacial score (nSPS) is 14.4. The minimum absolute atomic E-state index is 0.212. The monoisotopic (exact) mass is 259 g/mol. The summed E-state index contributed by atoms with van der Waals surface area (Å²) in [4.78, 5) is 4.61. The maximum absolute atomic E-state index is 14.0. The van der Waals surface area contributed by atoms with Gasteiger partial charge in [-0.05, 0) is 38.7 Å². The zero-order valence-corrected chi connectivity index (χ0v) is 11.1. The minimum atomic E-state index is -0.305. The third-order valence-corrected chi connectivity index (χ3v) is 3.86. The number of fused-ring (bicyclic) bond motifs is 1. The highest BCUT2D eigenvalue weighted by atomic mass is 19.1. The molecule has 1 aliphatic carbocycles. The van der Waals surface area contributed by atoms with Gasteiger partial charge < -0.3 is 10.3 Å². The van der Waals surface area contributed by atoms with Gasteiger partial charge in [-0.3, -0.25) is 0 Å². The molecular weight excluding hydrogens is 241 g/mol. The van der Waals surface area contributed by atoms with Crippen LogP contribution in [-0.2, 0) is 19.4 Å². The highest BCUT2D eigenvalue weighted by molar-refractivity contribution is 5.43. The summed E-state index contributed by atoms with van der Waals surface area (Å²) in [6.07, 6.45) is 4.48. The molecule has 0 radical (unpaired) electrons. The molecule has 0 spiro atoms. The molecule has 2 aromatic rings. The first-order valence-corrected chi connectivity index (χ1v) is 6.74. The molecule has 100 valence electrons. The number of imidazole rings is 1. The van der Waals surface area contributed by atoms with Crippen LogP contribution in [0.2, 0.25) is 0 Å². The fourth-order valence-electron chi connectivity index (χ4n) is 2.84. The topological polar surface area (TPSA) is 43.8 Å². The molecule has 19 heavy (non-hydrogen) atoms. The first kappa shape index (κ1) is 12.2. The van der Waals surface area contributed by atoms with Gasteiger partial charge in [0.05, 0.1) is 17.9 Å².